The number of nitrogens with zero attached hydrogens (tertiary/aromatic N) is 2. The zero-order chi connectivity index (χ0) is 18.5. The number of benzene rings is 1. The van der Waals surface area contributed by atoms with E-state index in [1.807, 2.05) is 31.2 Å². The van der Waals surface area contributed by atoms with Crippen molar-refractivity contribution in [2.75, 3.05) is 7.11 Å². The van der Waals surface area contributed by atoms with E-state index in [9.17, 15) is 4.79 Å². The Balaban J connectivity index is 1.58. The van der Waals surface area contributed by atoms with Gasteiger partial charge in [0.2, 0.25) is 11.1 Å². The third-order valence-corrected chi connectivity index (χ3v) is 5.88. The summed E-state index contributed by atoms with van der Waals surface area (Å²) in [6.45, 7) is 4.12. The van der Waals surface area contributed by atoms with Gasteiger partial charge in [-0.05, 0) is 49.9 Å². The lowest BCUT2D eigenvalue weighted by atomic mass is 9.86. The molecule has 3 rings (SSSR count). The lowest BCUT2D eigenvalue weighted by molar-refractivity contribution is -0.121. The zero-order valence-electron chi connectivity index (χ0n) is 15.5. The SMILES string of the molecule is COc1ccc(-c2nc(S[C@H](C)C(=O)N[C@@H]3CCCC[C@H]3C)n[nH]2)cc1. The highest BCUT2D eigenvalue weighted by atomic mass is 32.2. The molecule has 140 valence electrons. The molecule has 1 saturated carbocycles. The molecule has 0 radical (unpaired) electrons. The van der Waals surface area contributed by atoms with Crippen LogP contribution in [0.3, 0.4) is 0 Å². The molecule has 2 N–H and O–H groups in total. The molecule has 0 aliphatic heterocycles. The van der Waals surface area contributed by atoms with Crippen LogP contribution in [0.2, 0.25) is 0 Å². The number of ether oxygens (including phenoxy) is 1. The van der Waals surface area contributed by atoms with Gasteiger partial charge in [-0.3, -0.25) is 9.89 Å². The Morgan fingerprint density at radius 2 is 2.04 bits per heavy atom. The average molecular weight is 375 g/mol. The highest BCUT2D eigenvalue weighted by Gasteiger charge is 2.25. The van der Waals surface area contributed by atoms with Gasteiger partial charge in [0.15, 0.2) is 5.82 Å². The van der Waals surface area contributed by atoms with Gasteiger partial charge in [-0.2, -0.15) is 0 Å². The first kappa shape index (κ1) is 18.8. The van der Waals surface area contributed by atoms with Crippen LogP contribution in [-0.2, 0) is 4.79 Å². The van der Waals surface area contributed by atoms with Crippen LogP contribution in [0.15, 0.2) is 29.4 Å². The van der Waals surface area contributed by atoms with Gasteiger partial charge in [0.1, 0.15) is 5.75 Å². The smallest absolute Gasteiger partial charge is 0.233 e. The van der Waals surface area contributed by atoms with Crippen LogP contribution < -0.4 is 10.1 Å². The van der Waals surface area contributed by atoms with Gasteiger partial charge in [0.05, 0.1) is 12.4 Å². The number of aromatic amines is 1. The Morgan fingerprint density at radius 3 is 2.73 bits per heavy atom. The van der Waals surface area contributed by atoms with Gasteiger partial charge in [0, 0.05) is 11.6 Å². The molecule has 0 bridgehead atoms. The molecule has 2 aromatic rings. The Bertz CT molecular complexity index is 731. The average Bonchev–Trinajstić information content (AvgIpc) is 3.12. The summed E-state index contributed by atoms with van der Waals surface area (Å²) in [7, 11) is 1.64. The molecule has 26 heavy (non-hydrogen) atoms. The molecule has 3 atom stereocenters. The summed E-state index contributed by atoms with van der Waals surface area (Å²) in [5, 5.41) is 10.7. The molecule has 1 heterocycles. The van der Waals surface area contributed by atoms with Gasteiger partial charge in [0.25, 0.3) is 0 Å². The maximum Gasteiger partial charge on any atom is 0.233 e. The minimum Gasteiger partial charge on any atom is -0.497 e. The number of carbonyl (C=O) groups excluding carboxylic acids is 1. The van der Waals surface area contributed by atoms with E-state index < -0.39 is 0 Å². The van der Waals surface area contributed by atoms with Gasteiger partial charge in [-0.25, -0.2) is 4.98 Å². The van der Waals surface area contributed by atoms with E-state index in [1.54, 1.807) is 7.11 Å². The monoisotopic (exact) mass is 374 g/mol. The number of amides is 1. The molecule has 0 spiro atoms. The second-order valence-electron chi connectivity index (χ2n) is 6.83. The number of methoxy groups -OCH3 is 1. The maximum atomic E-state index is 12.5. The number of aromatic nitrogens is 3. The van der Waals surface area contributed by atoms with Gasteiger partial charge in [-0.15, -0.1) is 5.10 Å². The highest BCUT2D eigenvalue weighted by molar-refractivity contribution is 8.00. The van der Waals surface area contributed by atoms with E-state index in [1.165, 1.54) is 31.0 Å². The topological polar surface area (TPSA) is 79.9 Å². The molecule has 1 aromatic carbocycles. The van der Waals surface area contributed by atoms with Crippen molar-refractivity contribution in [3.05, 3.63) is 24.3 Å². The number of hydrogen-bond donors (Lipinski definition) is 2. The van der Waals surface area contributed by atoms with E-state index in [2.05, 4.69) is 27.4 Å². The number of thioether (sulfide) groups is 1. The van der Waals surface area contributed by atoms with Crippen LogP contribution in [-0.4, -0.2) is 39.5 Å². The lowest BCUT2D eigenvalue weighted by Crippen LogP contribution is -2.44. The zero-order valence-corrected chi connectivity index (χ0v) is 16.3. The third kappa shape index (κ3) is 4.58. The van der Waals surface area contributed by atoms with Crippen molar-refractivity contribution in [1.29, 1.82) is 0 Å². The molecule has 1 aliphatic rings. The van der Waals surface area contributed by atoms with Crippen LogP contribution >= 0.6 is 11.8 Å². The Labute approximate surface area is 158 Å². The van der Waals surface area contributed by atoms with E-state index >= 15 is 0 Å². The second-order valence-corrected chi connectivity index (χ2v) is 8.14. The van der Waals surface area contributed by atoms with Crippen molar-refractivity contribution in [2.45, 2.75) is 56.0 Å². The largest absolute Gasteiger partial charge is 0.497 e. The predicted octanol–water partition coefficient (Wildman–Crippen LogP) is 3.66. The molecular formula is C19H26N4O2S. The van der Waals surface area contributed by atoms with Crippen molar-refractivity contribution in [3.63, 3.8) is 0 Å². The van der Waals surface area contributed by atoms with Crippen molar-refractivity contribution in [1.82, 2.24) is 20.5 Å². The van der Waals surface area contributed by atoms with E-state index in [0.717, 1.165) is 17.7 Å². The summed E-state index contributed by atoms with van der Waals surface area (Å²) in [5.74, 6) is 2.09. The first-order valence-corrected chi connectivity index (χ1v) is 9.98. The molecule has 0 unspecified atom stereocenters. The minimum atomic E-state index is -0.233. The van der Waals surface area contributed by atoms with Crippen molar-refractivity contribution < 1.29 is 9.53 Å². The van der Waals surface area contributed by atoms with E-state index in [4.69, 9.17) is 4.74 Å². The minimum absolute atomic E-state index is 0.0598. The van der Waals surface area contributed by atoms with Gasteiger partial charge < -0.3 is 10.1 Å². The summed E-state index contributed by atoms with van der Waals surface area (Å²) < 4.78 is 5.16. The molecule has 1 aromatic heterocycles. The molecule has 0 saturated heterocycles. The van der Waals surface area contributed by atoms with Crippen LogP contribution in [0.4, 0.5) is 0 Å². The first-order chi connectivity index (χ1) is 12.6. The Kier molecular flexibility index (Phi) is 6.19. The molecule has 1 aliphatic carbocycles. The Hall–Kier alpha value is -2.02. The quantitative estimate of drug-likeness (QED) is 0.755. The second kappa shape index (κ2) is 8.58. The summed E-state index contributed by atoms with van der Waals surface area (Å²) in [6, 6.07) is 7.90. The lowest BCUT2D eigenvalue weighted by Gasteiger charge is -2.30. The fourth-order valence-electron chi connectivity index (χ4n) is 3.22. The van der Waals surface area contributed by atoms with Crippen LogP contribution in [0.5, 0.6) is 5.75 Å². The first-order valence-electron chi connectivity index (χ1n) is 9.10. The van der Waals surface area contributed by atoms with Crippen molar-refractivity contribution in [3.8, 4) is 17.1 Å². The van der Waals surface area contributed by atoms with Gasteiger partial charge >= 0.3 is 0 Å². The standard InChI is InChI=1S/C19H26N4O2S/c1-12-6-4-5-7-16(12)20-18(24)13(2)26-19-21-17(22-23-19)14-8-10-15(25-3)11-9-14/h8-13,16H,4-7H2,1-3H3,(H,20,24)(H,21,22,23)/t12-,13-,16-/m1/s1. The van der Waals surface area contributed by atoms with Gasteiger partial charge in [-0.1, -0.05) is 31.5 Å². The maximum absolute atomic E-state index is 12.5. The molecule has 7 heteroatoms. The molecule has 1 amide bonds. The molecule has 1 fully saturated rings. The summed E-state index contributed by atoms with van der Waals surface area (Å²) in [5.41, 5.74) is 0.929. The summed E-state index contributed by atoms with van der Waals surface area (Å²) >= 11 is 1.37. The predicted molar refractivity (Wildman–Crippen MR) is 103 cm³/mol. The number of rotatable bonds is 6. The third-order valence-electron chi connectivity index (χ3n) is 4.92. The Morgan fingerprint density at radius 1 is 1.31 bits per heavy atom. The number of carbonyl (C=O) groups is 1. The van der Waals surface area contributed by atoms with Crippen LogP contribution in [0.1, 0.15) is 39.5 Å². The van der Waals surface area contributed by atoms with Crippen LogP contribution in [0.25, 0.3) is 11.4 Å². The van der Waals surface area contributed by atoms with E-state index in [0.29, 0.717) is 22.9 Å². The number of hydrogen-bond acceptors (Lipinski definition) is 5. The van der Waals surface area contributed by atoms with Crippen molar-refractivity contribution in [2.24, 2.45) is 5.92 Å². The fourth-order valence-corrected chi connectivity index (χ4v) is 3.95. The van der Waals surface area contributed by atoms with E-state index in [-0.39, 0.29) is 11.2 Å². The summed E-state index contributed by atoms with van der Waals surface area (Å²) in [4.78, 5) is 17.0. The molecule has 6 nitrogen and oxygen atoms in total. The van der Waals surface area contributed by atoms with Crippen LogP contribution in [0, 0.1) is 5.92 Å². The number of H-pyrrole nitrogens is 1. The fraction of sp³-hybridized carbons (Fsp3) is 0.526. The van der Waals surface area contributed by atoms with Crippen molar-refractivity contribution >= 4 is 17.7 Å². The number of nitrogens with one attached hydrogen (secondary N) is 2. The highest BCUT2D eigenvalue weighted by Crippen LogP contribution is 2.26. The molecular weight excluding hydrogens is 348 g/mol. The summed E-state index contributed by atoms with van der Waals surface area (Å²) in [6.07, 6.45) is 4.73. The normalized spacial score (nSPS) is 21.2.